The third-order valence-corrected chi connectivity index (χ3v) is 0.430. The first-order valence-electron chi connectivity index (χ1n) is 1.74. The Labute approximate surface area is 41.4 Å². The molecule has 0 aliphatic heterocycles. The van der Waals surface area contributed by atoms with Gasteiger partial charge in [-0.25, -0.2) is 4.99 Å². The lowest BCUT2D eigenvalue weighted by Gasteiger charge is -1.86. The normalized spacial score (nSPS) is 8.14. The molecule has 4 heteroatoms. The number of hydrazine groups is 1. The smallest absolute Gasteiger partial charge is 0.260 e. The van der Waals surface area contributed by atoms with Crippen LogP contribution in [0.4, 0.5) is 0 Å². The summed E-state index contributed by atoms with van der Waals surface area (Å²) in [5, 5.41) is 0. The molecule has 0 rings (SSSR count). The van der Waals surface area contributed by atoms with Crippen molar-refractivity contribution in [3.63, 3.8) is 0 Å². The summed E-state index contributed by atoms with van der Waals surface area (Å²) in [6.45, 7) is 3.04. The van der Waals surface area contributed by atoms with Crippen LogP contribution in [0.5, 0.6) is 0 Å². The van der Waals surface area contributed by atoms with Crippen molar-refractivity contribution in [3.8, 4) is 0 Å². The molecular formula is C3H7N3O. The van der Waals surface area contributed by atoms with E-state index >= 15 is 0 Å². The van der Waals surface area contributed by atoms with Gasteiger partial charge in [0.1, 0.15) is 0 Å². The van der Waals surface area contributed by atoms with Gasteiger partial charge >= 0.3 is 0 Å². The van der Waals surface area contributed by atoms with Crippen LogP contribution >= 0.6 is 0 Å². The zero-order valence-electron chi connectivity index (χ0n) is 3.85. The van der Waals surface area contributed by atoms with Gasteiger partial charge in [-0.15, -0.1) is 0 Å². The molecule has 7 heavy (non-hydrogen) atoms. The minimum atomic E-state index is -0.345. The van der Waals surface area contributed by atoms with Gasteiger partial charge < -0.3 is 0 Å². The van der Waals surface area contributed by atoms with Crippen molar-refractivity contribution in [1.82, 2.24) is 5.43 Å². The van der Waals surface area contributed by atoms with Crippen LogP contribution in [-0.2, 0) is 4.79 Å². The second-order valence-corrected chi connectivity index (χ2v) is 0.933. The van der Waals surface area contributed by atoms with Crippen LogP contribution < -0.4 is 11.3 Å². The predicted molar refractivity (Wildman–Crippen MR) is 26.7 cm³/mol. The molecule has 0 radical (unpaired) electrons. The fraction of sp³-hybridized carbons (Fsp3) is 0.333. The lowest BCUT2D eigenvalue weighted by molar-refractivity contribution is -0.116. The molecule has 4 nitrogen and oxygen atoms in total. The molecule has 0 bridgehead atoms. The lowest BCUT2D eigenvalue weighted by Crippen LogP contribution is -2.27. The van der Waals surface area contributed by atoms with E-state index in [-0.39, 0.29) is 12.5 Å². The summed E-state index contributed by atoms with van der Waals surface area (Å²) in [6, 6.07) is 0. The van der Waals surface area contributed by atoms with Crippen molar-refractivity contribution >= 4 is 12.6 Å². The van der Waals surface area contributed by atoms with Crippen LogP contribution in [0.2, 0.25) is 0 Å². The number of hydrogen-bond donors (Lipinski definition) is 2. The van der Waals surface area contributed by atoms with Crippen molar-refractivity contribution in [3.05, 3.63) is 0 Å². The number of nitrogens with zero attached hydrogens (tertiary/aromatic N) is 1. The highest BCUT2D eigenvalue weighted by Gasteiger charge is 1.88. The van der Waals surface area contributed by atoms with Gasteiger partial charge in [0.15, 0.2) is 0 Å². The SMILES string of the molecule is C=NC(=O)CNN. The molecule has 0 aromatic rings. The Morgan fingerprint density at radius 1 is 2.00 bits per heavy atom. The van der Waals surface area contributed by atoms with Gasteiger partial charge in [0.2, 0.25) is 0 Å². The third kappa shape index (κ3) is 3.08. The number of carbonyl (C=O) groups excluding carboxylic acids is 1. The van der Waals surface area contributed by atoms with Crippen molar-refractivity contribution < 1.29 is 4.79 Å². The fourth-order valence-corrected chi connectivity index (χ4v) is 0.143. The Morgan fingerprint density at radius 3 is 2.71 bits per heavy atom. The first-order valence-corrected chi connectivity index (χ1v) is 1.74. The summed E-state index contributed by atoms with van der Waals surface area (Å²) in [7, 11) is 0. The number of aliphatic imine (C=N–C) groups is 1. The van der Waals surface area contributed by atoms with Gasteiger partial charge in [0, 0.05) is 0 Å². The predicted octanol–water partition coefficient (Wildman–Crippen LogP) is -1.32. The molecule has 0 fully saturated rings. The molecule has 0 atom stereocenters. The molecule has 0 aliphatic carbocycles. The van der Waals surface area contributed by atoms with Crippen molar-refractivity contribution in [2.24, 2.45) is 10.8 Å². The van der Waals surface area contributed by atoms with Gasteiger partial charge in [-0.3, -0.25) is 16.1 Å². The molecule has 3 N–H and O–H groups in total. The van der Waals surface area contributed by atoms with E-state index in [1.54, 1.807) is 0 Å². The summed E-state index contributed by atoms with van der Waals surface area (Å²) in [5.74, 6) is 4.40. The highest BCUT2D eigenvalue weighted by molar-refractivity contribution is 5.82. The van der Waals surface area contributed by atoms with Crippen LogP contribution in [-0.4, -0.2) is 19.2 Å². The van der Waals surface area contributed by atoms with Crippen molar-refractivity contribution in [2.75, 3.05) is 6.54 Å². The largest absolute Gasteiger partial charge is 0.271 e. The van der Waals surface area contributed by atoms with Crippen molar-refractivity contribution in [1.29, 1.82) is 0 Å². The summed E-state index contributed by atoms with van der Waals surface area (Å²) in [5.41, 5.74) is 2.14. The van der Waals surface area contributed by atoms with Crippen LogP contribution in [0.25, 0.3) is 0 Å². The maximum atomic E-state index is 10.0. The highest BCUT2D eigenvalue weighted by Crippen LogP contribution is 1.62. The molecule has 0 aromatic heterocycles. The minimum absolute atomic E-state index is 0.0590. The van der Waals surface area contributed by atoms with Crippen molar-refractivity contribution in [2.45, 2.75) is 0 Å². The molecule has 0 aliphatic rings. The summed E-state index contributed by atoms with van der Waals surface area (Å²) >= 11 is 0. The van der Waals surface area contributed by atoms with E-state index < -0.39 is 0 Å². The molecule has 40 valence electrons. The summed E-state index contributed by atoms with van der Waals surface area (Å²) in [4.78, 5) is 13.1. The van der Waals surface area contributed by atoms with Crippen LogP contribution in [0, 0.1) is 0 Å². The molecule has 0 aromatic carbocycles. The van der Waals surface area contributed by atoms with Crippen LogP contribution in [0.15, 0.2) is 4.99 Å². The van der Waals surface area contributed by atoms with Gasteiger partial charge in [0.05, 0.1) is 6.54 Å². The zero-order chi connectivity index (χ0) is 5.70. The van der Waals surface area contributed by atoms with Gasteiger partial charge in [-0.1, -0.05) is 0 Å². The minimum Gasteiger partial charge on any atom is -0.271 e. The number of nitrogens with two attached hydrogens (primary N) is 1. The fourth-order valence-electron chi connectivity index (χ4n) is 0.143. The monoisotopic (exact) mass is 101 g/mol. The first kappa shape index (κ1) is 6.26. The second-order valence-electron chi connectivity index (χ2n) is 0.933. The lowest BCUT2D eigenvalue weighted by atomic mass is 10.6. The van der Waals surface area contributed by atoms with Crippen LogP contribution in [0.3, 0.4) is 0 Å². The third-order valence-electron chi connectivity index (χ3n) is 0.430. The van der Waals surface area contributed by atoms with E-state index in [4.69, 9.17) is 5.84 Å². The van der Waals surface area contributed by atoms with E-state index in [1.165, 1.54) is 0 Å². The Bertz CT molecular complexity index is 80.2. The number of nitrogens with one attached hydrogen (secondary N) is 1. The number of hydrogen-bond acceptors (Lipinski definition) is 3. The summed E-state index contributed by atoms with van der Waals surface area (Å²) < 4.78 is 0. The zero-order valence-corrected chi connectivity index (χ0v) is 3.85. The van der Waals surface area contributed by atoms with Gasteiger partial charge in [-0.2, -0.15) is 0 Å². The average Bonchev–Trinajstić information content (AvgIpc) is 1.68. The number of carbonyl (C=O) groups is 1. The molecule has 0 saturated heterocycles. The highest BCUT2D eigenvalue weighted by atomic mass is 16.1. The second kappa shape index (κ2) is 3.45. The van der Waals surface area contributed by atoms with E-state index in [1.807, 2.05) is 0 Å². The summed E-state index contributed by atoms with van der Waals surface area (Å²) in [6.07, 6.45) is 0. The maximum Gasteiger partial charge on any atom is 0.260 e. The standard InChI is InChI=1S/C3H7N3O/c1-5-3(7)2-6-4/h6H,1-2,4H2. The Morgan fingerprint density at radius 2 is 2.57 bits per heavy atom. The van der Waals surface area contributed by atoms with Gasteiger partial charge in [-0.05, 0) is 6.72 Å². The topological polar surface area (TPSA) is 67.5 Å². The molecular weight excluding hydrogens is 94.1 g/mol. The number of amides is 1. The molecule has 0 spiro atoms. The number of rotatable bonds is 2. The van der Waals surface area contributed by atoms with Crippen LogP contribution in [0.1, 0.15) is 0 Å². The first-order chi connectivity index (χ1) is 3.31. The average molecular weight is 101 g/mol. The van der Waals surface area contributed by atoms with E-state index in [0.29, 0.717) is 0 Å². The van der Waals surface area contributed by atoms with Gasteiger partial charge in [0.25, 0.3) is 5.91 Å². The molecule has 0 unspecified atom stereocenters. The Balaban J connectivity index is 3.17. The maximum absolute atomic E-state index is 10.0. The molecule has 1 amide bonds. The van der Waals surface area contributed by atoms with E-state index in [0.717, 1.165) is 0 Å². The Kier molecular flexibility index (Phi) is 3.09. The van der Waals surface area contributed by atoms with E-state index in [9.17, 15) is 4.79 Å². The Hall–Kier alpha value is -0.740. The molecule has 0 heterocycles. The quantitative estimate of drug-likeness (QED) is 0.257. The molecule has 0 saturated carbocycles. The van der Waals surface area contributed by atoms with E-state index in [2.05, 4.69) is 17.1 Å².